The van der Waals surface area contributed by atoms with Crippen LogP contribution in [0.5, 0.6) is 11.5 Å². The third-order valence-corrected chi connectivity index (χ3v) is 5.66. The molecule has 2 rings (SSSR count). The van der Waals surface area contributed by atoms with E-state index in [0.29, 0.717) is 18.1 Å². The van der Waals surface area contributed by atoms with E-state index in [9.17, 15) is 4.79 Å². The van der Waals surface area contributed by atoms with Gasteiger partial charge >= 0.3 is 5.97 Å². The van der Waals surface area contributed by atoms with Gasteiger partial charge in [0.1, 0.15) is 5.60 Å². The topological polar surface area (TPSA) is 44.8 Å². The number of hydrogen-bond acceptors (Lipinski definition) is 4. The van der Waals surface area contributed by atoms with Gasteiger partial charge in [0.25, 0.3) is 0 Å². The minimum atomic E-state index is -0.258. The lowest BCUT2D eigenvalue weighted by atomic mass is 9.83. The molecule has 1 fully saturated rings. The van der Waals surface area contributed by atoms with Gasteiger partial charge in [0.05, 0.1) is 23.2 Å². The summed E-state index contributed by atoms with van der Waals surface area (Å²) in [4.78, 5) is 12.3. The zero-order valence-corrected chi connectivity index (χ0v) is 18.0. The summed E-state index contributed by atoms with van der Waals surface area (Å²) in [5, 5.41) is 0. The predicted octanol–water partition coefficient (Wildman–Crippen LogP) is 5.76. The molecular weight excluding hydrogens is 443 g/mol. The van der Waals surface area contributed by atoms with E-state index in [4.69, 9.17) is 14.2 Å². The molecule has 1 saturated carbocycles. The van der Waals surface area contributed by atoms with Gasteiger partial charge in [-0.05, 0) is 79.3 Å². The number of ether oxygens (including phenoxy) is 3. The normalized spacial score (nSPS) is 16.0. The molecule has 0 heterocycles. The van der Waals surface area contributed by atoms with Crippen molar-refractivity contribution in [2.75, 3.05) is 13.2 Å². The summed E-state index contributed by atoms with van der Waals surface area (Å²) in [6.07, 6.45) is 8.38. The molecule has 144 valence electrons. The Kier molecular flexibility index (Phi) is 8.25. The van der Waals surface area contributed by atoms with Gasteiger partial charge < -0.3 is 14.2 Å². The van der Waals surface area contributed by atoms with Gasteiger partial charge in [-0.15, -0.1) is 0 Å². The van der Waals surface area contributed by atoms with Crippen LogP contribution in [0.3, 0.4) is 0 Å². The lowest BCUT2D eigenvalue weighted by Crippen LogP contribution is -2.36. The van der Waals surface area contributed by atoms with Gasteiger partial charge in [0.2, 0.25) is 0 Å². The van der Waals surface area contributed by atoms with Gasteiger partial charge in [0.15, 0.2) is 11.5 Å². The molecule has 0 spiro atoms. The lowest BCUT2D eigenvalue weighted by Gasteiger charge is -2.36. The molecule has 0 amide bonds. The van der Waals surface area contributed by atoms with E-state index in [2.05, 4.69) is 36.1 Å². The van der Waals surface area contributed by atoms with Crippen LogP contribution in [-0.2, 0) is 9.53 Å². The zero-order chi connectivity index (χ0) is 19.0. The predicted molar refractivity (Wildman–Crippen MR) is 113 cm³/mol. The first-order valence-electron chi connectivity index (χ1n) is 9.47. The second-order valence-electron chi connectivity index (χ2n) is 6.64. The van der Waals surface area contributed by atoms with Crippen molar-refractivity contribution in [2.24, 2.45) is 0 Å². The summed E-state index contributed by atoms with van der Waals surface area (Å²) >= 11 is 2.22. The van der Waals surface area contributed by atoms with Crippen molar-refractivity contribution in [1.29, 1.82) is 0 Å². The number of halogens is 1. The van der Waals surface area contributed by atoms with Gasteiger partial charge in [-0.1, -0.05) is 26.0 Å². The molecular formula is C21H29IO4. The first-order chi connectivity index (χ1) is 12.5. The van der Waals surface area contributed by atoms with Gasteiger partial charge in [-0.25, -0.2) is 0 Å². The van der Waals surface area contributed by atoms with Crippen LogP contribution in [0.1, 0.15) is 64.4 Å². The molecule has 26 heavy (non-hydrogen) atoms. The van der Waals surface area contributed by atoms with Gasteiger partial charge in [-0.2, -0.15) is 0 Å². The molecule has 0 radical (unpaired) electrons. The van der Waals surface area contributed by atoms with Crippen molar-refractivity contribution in [3.05, 3.63) is 27.8 Å². The third-order valence-electron chi connectivity index (χ3n) is 4.86. The smallest absolute Gasteiger partial charge is 0.309 e. The monoisotopic (exact) mass is 472 g/mol. The molecule has 1 aliphatic carbocycles. The van der Waals surface area contributed by atoms with E-state index < -0.39 is 0 Å². The molecule has 5 heteroatoms. The Morgan fingerprint density at radius 3 is 2.58 bits per heavy atom. The SMILES string of the molecule is C=Cc1cc(I)c(OCCC(=O)OC2(CC)CCCCC2)c(OCC)c1. The highest BCUT2D eigenvalue weighted by molar-refractivity contribution is 14.1. The first kappa shape index (κ1) is 21.1. The second-order valence-corrected chi connectivity index (χ2v) is 7.80. The lowest BCUT2D eigenvalue weighted by molar-refractivity contribution is -0.164. The van der Waals surface area contributed by atoms with Crippen LogP contribution in [0.25, 0.3) is 6.08 Å². The summed E-state index contributed by atoms with van der Waals surface area (Å²) in [7, 11) is 0. The van der Waals surface area contributed by atoms with Crippen LogP contribution in [0.2, 0.25) is 0 Å². The molecule has 0 atom stereocenters. The Morgan fingerprint density at radius 2 is 1.96 bits per heavy atom. The molecule has 1 aromatic rings. The van der Waals surface area contributed by atoms with Crippen LogP contribution in [0.4, 0.5) is 0 Å². The zero-order valence-electron chi connectivity index (χ0n) is 15.8. The number of hydrogen-bond donors (Lipinski definition) is 0. The fourth-order valence-corrected chi connectivity index (χ4v) is 4.14. The highest BCUT2D eigenvalue weighted by Gasteiger charge is 2.33. The summed E-state index contributed by atoms with van der Waals surface area (Å²) in [6.45, 7) is 8.66. The standard InChI is InChI=1S/C21H29IO4/c1-4-16-14-17(22)20(18(15-16)24-6-3)25-13-10-19(23)26-21(5-2)11-8-7-9-12-21/h4,14-15H,1,5-13H2,2-3H3. The summed E-state index contributed by atoms with van der Waals surface area (Å²) in [5.74, 6) is 1.18. The van der Waals surface area contributed by atoms with E-state index in [0.717, 1.165) is 41.2 Å². The van der Waals surface area contributed by atoms with Crippen LogP contribution in [0.15, 0.2) is 18.7 Å². The minimum Gasteiger partial charge on any atom is -0.490 e. The summed E-state index contributed by atoms with van der Waals surface area (Å²) in [6, 6.07) is 3.89. The van der Waals surface area contributed by atoms with Crippen LogP contribution in [0, 0.1) is 3.57 Å². The molecule has 0 aliphatic heterocycles. The number of carbonyl (C=O) groups excluding carboxylic acids is 1. The van der Waals surface area contributed by atoms with E-state index in [1.807, 2.05) is 19.1 Å². The molecule has 0 N–H and O–H groups in total. The molecule has 1 aromatic carbocycles. The van der Waals surface area contributed by atoms with Crippen molar-refractivity contribution >= 4 is 34.6 Å². The average molecular weight is 472 g/mol. The van der Waals surface area contributed by atoms with E-state index in [1.165, 1.54) is 6.42 Å². The van der Waals surface area contributed by atoms with Crippen molar-refractivity contribution in [3.63, 3.8) is 0 Å². The highest BCUT2D eigenvalue weighted by Crippen LogP contribution is 2.36. The quantitative estimate of drug-likeness (QED) is 0.339. The average Bonchev–Trinajstić information content (AvgIpc) is 2.64. The van der Waals surface area contributed by atoms with Gasteiger partial charge in [-0.3, -0.25) is 4.79 Å². The molecule has 0 aromatic heterocycles. The minimum absolute atomic E-state index is 0.176. The molecule has 1 aliphatic rings. The number of esters is 1. The summed E-state index contributed by atoms with van der Waals surface area (Å²) in [5.41, 5.74) is 0.720. The second kappa shape index (κ2) is 10.2. The first-order valence-corrected chi connectivity index (χ1v) is 10.5. The Labute approximate surface area is 170 Å². The maximum absolute atomic E-state index is 12.3. The van der Waals surface area contributed by atoms with Crippen molar-refractivity contribution in [1.82, 2.24) is 0 Å². The maximum Gasteiger partial charge on any atom is 0.309 e. The molecule has 0 saturated heterocycles. The van der Waals surface area contributed by atoms with E-state index >= 15 is 0 Å². The Hall–Kier alpha value is -1.24. The van der Waals surface area contributed by atoms with Crippen molar-refractivity contribution in [2.45, 2.75) is 64.4 Å². The summed E-state index contributed by atoms with van der Waals surface area (Å²) < 4.78 is 18.3. The van der Waals surface area contributed by atoms with Gasteiger partial charge in [0, 0.05) is 0 Å². The Balaban J connectivity index is 1.94. The van der Waals surface area contributed by atoms with Crippen molar-refractivity contribution < 1.29 is 19.0 Å². The van der Waals surface area contributed by atoms with Crippen LogP contribution >= 0.6 is 22.6 Å². The molecule has 0 bridgehead atoms. The van der Waals surface area contributed by atoms with Crippen LogP contribution in [-0.4, -0.2) is 24.8 Å². The Morgan fingerprint density at radius 1 is 1.23 bits per heavy atom. The highest BCUT2D eigenvalue weighted by atomic mass is 127. The molecule has 0 unspecified atom stereocenters. The fourth-order valence-electron chi connectivity index (χ4n) is 3.36. The molecule has 4 nitrogen and oxygen atoms in total. The maximum atomic E-state index is 12.3. The fraction of sp³-hybridized carbons (Fsp3) is 0.571. The number of carbonyl (C=O) groups is 1. The Bertz CT molecular complexity index is 621. The number of rotatable bonds is 9. The third kappa shape index (κ3) is 5.63. The largest absolute Gasteiger partial charge is 0.490 e. The van der Waals surface area contributed by atoms with Crippen LogP contribution < -0.4 is 9.47 Å². The number of benzene rings is 1. The van der Waals surface area contributed by atoms with E-state index in [1.54, 1.807) is 6.08 Å². The van der Waals surface area contributed by atoms with Crippen molar-refractivity contribution in [3.8, 4) is 11.5 Å². The van der Waals surface area contributed by atoms with E-state index in [-0.39, 0.29) is 24.6 Å².